The number of benzene rings is 3. The minimum Gasteiger partial charge on any atom is -0.379 e. The molecule has 1 amide bonds. The van der Waals surface area contributed by atoms with Crippen molar-refractivity contribution in [2.24, 2.45) is 0 Å². The van der Waals surface area contributed by atoms with E-state index in [9.17, 15) is 4.79 Å². The van der Waals surface area contributed by atoms with Crippen LogP contribution in [0.4, 0.5) is 5.69 Å². The molecule has 2 aliphatic heterocycles. The number of fused-ring (bicyclic) bond motifs is 2. The maximum absolute atomic E-state index is 12.7. The molecule has 0 saturated carbocycles. The predicted molar refractivity (Wildman–Crippen MR) is 117 cm³/mol. The Morgan fingerprint density at radius 2 is 1.79 bits per heavy atom. The van der Waals surface area contributed by atoms with Gasteiger partial charge in [-0.2, -0.15) is 0 Å². The Bertz CT molecular complexity index is 1040. The SMILES string of the molecule is O=C1CCc2ccc(-c3ccc4ccccc4c3)cc2N1CCC1COCCN1. The van der Waals surface area contributed by atoms with Gasteiger partial charge in [0.25, 0.3) is 0 Å². The summed E-state index contributed by atoms with van der Waals surface area (Å²) in [7, 11) is 0. The van der Waals surface area contributed by atoms with Gasteiger partial charge in [-0.1, -0.05) is 48.5 Å². The van der Waals surface area contributed by atoms with Crippen molar-refractivity contribution >= 4 is 22.4 Å². The van der Waals surface area contributed by atoms with Gasteiger partial charge in [0.1, 0.15) is 0 Å². The molecule has 4 nitrogen and oxygen atoms in total. The van der Waals surface area contributed by atoms with Gasteiger partial charge < -0.3 is 15.0 Å². The zero-order valence-electron chi connectivity index (χ0n) is 16.6. The van der Waals surface area contributed by atoms with E-state index in [-0.39, 0.29) is 5.91 Å². The van der Waals surface area contributed by atoms with E-state index in [1.807, 2.05) is 4.90 Å². The van der Waals surface area contributed by atoms with Crippen molar-refractivity contribution in [2.75, 3.05) is 31.2 Å². The largest absolute Gasteiger partial charge is 0.379 e. The third-order valence-electron chi connectivity index (χ3n) is 6.07. The molecule has 0 bridgehead atoms. The Hall–Kier alpha value is -2.69. The van der Waals surface area contributed by atoms with Gasteiger partial charge in [-0.05, 0) is 52.4 Å². The van der Waals surface area contributed by atoms with Crippen molar-refractivity contribution in [3.63, 3.8) is 0 Å². The van der Waals surface area contributed by atoms with Crippen LogP contribution in [-0.4, -0.2) is 38.3 Å². The Morgan fingerprint density at radius 3 is 2.66 bits per heavy atom. The summed E-state index contributed by atoms with van der Waals surface area (Å²) in [4.78, 5) is 14.7. The average Bonchev–Trinajstić information content (AvgIpc) is 2.78. The highest BCUT2D eigenvalue weighted by molar-refractivity contribution is 5.97. The number of carbonyl (C=O) groups is 1. The van der Waals surface area contributed by atoms with Crippen molar-refractivity contribution in [2.45, 2.75) is 25.3 Å². The van der Waals surface area contributed by atoms with Gasteiger partial charge in [-0.25, -0.2) is 0 Å². The molecule has 2 heterocycles. The highest BCUT2D eigenvalue weighted by Crippen LogP contribution is 2.34. The van der Waals surface area contributed by atoms with Crippen LogP contribution < -0.4 is 10.2 Å². The van der Waals surface area contributed by atoms with Crippen molar-refractivity contribution < 1.29 is 9.53 Å². The molecule has 3 aromatic carbocycles. The van der Waals surface area contributed by atoms with E-state index in [1.54, 1.807) is 0 Å². The number of rotatable bonds is 4. The molecule has 0 radical (unpaired) electrons. The fourth-order valence-electron chi connectivity index (χ4n) is 4.42. The third kappa shape index (κ3) is 3.78. The molecule has 1 unspecified atom stereocenters. The molecule has 1 fully saturated rings. The molecule has 4 heteroatoms. The van der Waals surface area contributed by atoms with Gasteiger partial charge in [0.2, 0.25) is 5.91 Å². The molecule has 2 aliphatic rings. The number of nitrogens with zero attached hydrogens (tertiary/aromatic N) is 1. The lowest BCUT2D eigenvalue weighted by molar-refractivity contribution is -0.118. The van der Waals surface area contributed by atoms with Crippen LogP contribution in [0.25, 0.3) is 21.9 Å². The number of hydrogen-bond donors (Lipinski definition) is 1. The second-order valence-electron chi connectivity index (χ2n) is 7.97. The Kier molecular flexibility index (Phi) is 5.04. The number of carbonyl (C=O) groups excluding carboxylic acids is 1. The summed E-state index contributed by atoms with van der Waals surface area (Å²) in [5.41, 5.74) is 4.69. The fourth-order valence-corrected chi connectivity index (χ4v) is 4.42. The lowest BCUT2D eigenvalue weighted by atomic mass is 9.95. The van der Waals surface area contributed by atoms with Crippen LogP contribution in [0.1, 0.15) is 18.4 Å². The van der Waals surface area contributed by atoms with Crippen LogP contribution >= 0.6 is 0 Å². The van der Waals surface area contributed by atoms with Crippen LogP contribution in [0.15, 0.2) is 60.7 Å². The summed E-state index contributed by atoms with van der Waals surface area (Å²) in [5, 5.41) is 5.97. The summed E-state index contributed by atoms with van der Waals surface area (Å²) in [6, 6.07) is 21.9. The molecule has 1 N–H and O–H groups in total. The van der Waals surface area contributed by atoms with E-state index in [2.05, 4.69) is 66.0 Å². The molecule has 0 spiro atoms. The van der Waals surface area contributed by atoms with E-state index in [4.69, 9.17) is 4.74 Å². The van der Waals surface area contributed by atoms with Crippen molar-refractivity contribution in [1.82, 2.24) is 5.32 Å². The smallest absolute Gasteiger partial charge is 0.227 e. The average molecular weight is 386 g/mol. The van der Waals surface area contributed by atoms with Gasteiger partial charge in [-0.3, -0.25) is 4.79 Å². The Morgan fingerprint density at radius 1 is 0.966 bits per heavy atom. The van der Waals surface area contributed by atoms with Gasteiger partial charge in [0, 0.05) is 31.2 Å². The Labute approximate surface area is 171 Å². The third-order valence-corrected chi connectivity index (χ3v) is 6.07. The zero-order valence-corrected chi connectivity index (χ0v) is 16.6. The van der Waals surface area contributed by atoms with Crippen LogP contribution in [0.2, 0.25) is 0 Å². The van der Waals surface area contributed by atoms with Crippen molar-refractivity contribution in [3.05, 3.63) is 66.2 Å². The lowest BCUT2D eigenvalue weighted by Crippen LogP contribution is -2.45. The van der Waals surface area contributed by atoms with Gasteiger partial charge >= 0.3 is 0 Å². The molecule has 3 aromatic rings. The van der Waals surface area contributed by atoms with Crippen LogP contribution in [0.3, 0.4) is 0 Å². The number of amides is 1. The summed E-state index contributed by atoms with van der Waals surface area (Å²) < 4.78 is 5.56. The molecule has 1 atom stereocenters. The normalized spacial score (nSPS) is 19.4. The first-order valence-corrected chi connectivity index (χ1v) is 10.5. The number of hydrogen-bond acceptors (Lipinski definition) is 3. The fraction of sp³-hybridized carbons (Fsp3) is 0.320. The molecule has 1 saturated heterocycles. The van der Waals surface area contributed by atoms with Crippen LogP contribution in [-0.2, 0) is 16.0 Å². The van der Waals surface area contributed by atoms with E-state index in [0.717, 1.165) is 50.4 Å². The number of ether oxygens (including phenoxy) is 1. The second-order valence-corrected chi connectivity index (χ2v) is 7.97. The molecular weight excluding hydrogens is 360 g/mol. The summed E-state index contributed by atoms with van der Waals surface area (Å²) in [6.07, 6.45) is 2.33. The minimum absolute atomic E-state index is 0.227. The Balaban J connectivity index is 1.44. The topological polar surface area (TPSA) is 41.6 Å². The van der Waals surface area contributed by atoms with Crippen LogP contribution in [0, 0.1) is 0 Å². The quantitative estimate of drug-likeness (QED) is 0.732. The minimum atomic E-state index is 0.227. The van der Waals surface area contributed by atoms with Gasteiger partial charge in [0.15, 0.2) is 0 Å². The number of morpholine rings is 1. The molecular formula is C25H26N2O2. The van der Waals surface area contributed by atoms with E-state index < -0.39 is 0 Å². The van der Waals surface area contributed by atoms with Crippen LogP contribution in [0.5, 0.6) is 0 Å². The highest BCUT2D eigenvalue weighted by Gasteiger charge is 2.25. The maximum Gasteiger partial charge on any atom is 0.227 e. The summed E-state index contributed by atoms with van der Waals surface area (Å²) in [6.45, 7) is 3.12. The first-order valence-electron chi connectivity index (χ1n) is 10.5. The molecule has 5 rings (SSSR count). The number of aryl methyl sites for hydroxylation is 1. The zero-order chi connectivity index (χ0) is 19.6. The van der Waals surface area contributed by atoms with E-state index in [0.29, 0.717) is 12.5 Å². The first kappa shape index (κ1) is 18.3. The van der Waals surface area contributed by atoms with Crippen molar-refractivity contribution in [3.8, 4) is 11.1 Å². The number of nitrogens with one attached hydrogen (secondary N) is 1. The maximum atomic E-state index is 12.7. The van der Waals surface area contributed by atoms with E-state index >= 15 is 0 Å². The summed E-state index contributed by atoms with van der Waals surface area (Å²) in [5.74, 6) is 0.227. The standard InChI is InChI=1S/C25H26N2O2/c28-25-10-9-19-6-8-22(21-7-5-18-3-1-2-4-20(18)15-21)16-24(19)27(25)13-11-23-17-29-14-12-26-23/h1-8,15-16,23,26H,9-14,17H2. The molecule has 29 heavy (non-hydrogen) atoms. The first-order chi connectivity index (χ1) is 14.3. The van der Waals surface area contributed by atoms with Gasteiger partial charge in [0.05, 0.1) is 13.2 Å². The lowest BCUT2D eigenvalue weighted by Gasteiger charge is -2.32. The summed E-state index contributed by atoms with van der Waals surface area (Å²) >= 11 is 0. The number of anilines is 1. The predicted octanol–water partition coefficient (Wildman–Crippen LogP) is 4.16. The molecule has 0 aromatic heterocycles. The highest BCUT2D eigenvalue weighted by atomic mass is 16.5. The molecule has 0 aliphatic carbocycles. The van der Waals surface area contributed by atoms with E-state index in [1.165, 1.54) is 21.9 Å². The van der Waals surface area contributed by atoms with Crippen molar-refractivity contribution in [1.29, 1.82) is 0 Å². The van der Waals surface area contributed by atoms with Gasteiger partial charge in [-0.15, -0.1) is 0 Å². The molecule has 148 valence electrons. The monoisotopic (exact) mass is 386 g/mol. The second kappa shape index (κ2) is 7.97.